The molecule has 16 heavy (non-hydrogen) atoms. The first-order valence-corrected chi connectivity index (χ1v) is 5.46. The molecule has 4 nitrogen and oxygen atoms in total. The molecular weight excluding hydrogens is 249 g/mol. The first-order valence-electron chi connectivity index (χ1n) is 4.65. The van der Waals surface area contributed by atoms with Crippen molar-refractivity contribution in [2.45, 2.75) is 12.2 Å². The highest BCUT2D eigenvalue weighted by Crippen LogP contribution is 2.14. The van der Waals surface area contributed by atoms with E-state index in [2.05, 4.69) is 10.4 Å². The molecule has 1 unspecified atom stereocenters. The number of hydrogen-bond acceptors (Lipinski definition) is 3. The minimum Gasteiger partial charge on any atom is -0.317 e. The zero-order chi connectivity index (χ0) is 11.5. The molecule has 1 aromatic carbocycles. The fourth-order valence-electron chi connectivity index (χ4n) is 1.31. The lowest BCUT2D eigenvalue weighted by Crippen LogP contribution is -2.46. The maximum Gasteiger partial charge on any atom is 0.266 e. The first kappa shape index (κ1) is 11.2. The van der Waals surface area contributed by atoms with Crippen LogP contribution in [-0.2, 0) is 11.3 Å². The standard InChI is InChI=1S/C10H9Cl2N3O/c11-8-3-1-7(2-4-8)6-15-10(12)14-9(16)5-13-15/h1-5,10H,6H2,(H,14,16). The molecule has 1 amide bonds. The van der Waals surface area contributed by atoms with E-state index in [1.54, 1.807) is 17.1 Å². The van der Waals surface area contributed by atoms with Crippen LogP contribution in [0.1, 0.15) is 5.56 Å². The van der Waals surface area contributed by atoms with Crippen molar-refractivity contribution in [3.8, 4) is 0 Å². The number of nitrogens with zero attached hydrogens (tertiary/aromatic N) is 2. The molecule has 0 aliphatic carbocycles. The van der Waals surface area contributed by atoms with E-state index < -0.39 is 5.62 Å². The summed E-state index contributed by atoms with van der Waals surface area (Å²) >= 11 is 11.7. The number of alkyl halides is 1. The molecule has 1 aliphatic heterocycles. The molecular formula is C10H9Cl2N3O. The van der Waals surface area contributed by atoms with Gasteiger partial charge in [0, 0.05) is 5.02 Å². The second-order valence-corrected chi connectivity index (χ2v) is 4.16. The molecule has 0 aromatic heterocycles. The number of amides is 1. The second kappa shape index (κ2) is 4.72. The van der Waals surface area contributed by atoms with E-state index in [0.29, 0.717) is 11.6 Å². The Hall–Kier alpha value is -1.26. The summed E-state index contributed by atoms with van der Waals surface area (Å²) < 4.78 is 0. The number of nitrogens with one attached hydrogen (secondary N) is 1. The molecule has 0 saturated carbocycles. The summed E-state index contributed by atoms with van der Waals surface area (Å²) in [5.41, 5.74) is 0.400. The van der Waals surface area contributed by atoms with Gasteiger partial charge in [0.1, 0.15) is 6.21 Å². The van der Waals surface area contributed by atoms with E-state index in [1.165, 1.54) is 6.21 Å². The molecule has 2 rings (SSSR count). The smallest absolute Gasteiger partial charge is 0.266 e. The van der Waals surface area contributed by atoms with Crippen molar-refractivity contribution >= 4 is 35.3 Å². The van der Waals surface area contributed by atoms with Crippen molar-refractivity contribution in [1.29, 1.82) is 0 Å². The third-order valence-electron chi connectivity index (χ3n) is 2.10. The predicted octanol–water partition coefficient (Wildman–Crippen LogP) is 1.78. The van der Waals surface area contributed by atoms with Crippen LogP contribution in [0.15, 0.2) is 29.4 Å². The van der Waals surface area contributed by atoms with Crippen molar-refractivity contribution in [1.82, 2.24) is 10.3 Å². The summed E-state index contributed by atoms with van der Waals surface area (Å²) in [6.07, 6.45) is 1.20. The van der Waals surface area contributed by atoms with Crippen LogP contribution >= 0.6 is 23.2 Å². The molecule has 0 radical (unpaired) electrons. The minimum absolute atomic E-state index is 0.285. The number of rotatable bonds is 2. The predicted molar refractivity (Wildman–Crippen MR) is 63.3 cm³/mol. The highest BCUT2D eigenvalue weighted by molar-refractivity contribution is 6.30. The average molecular weight is 258 g/mol. The number of hydrogen-bond donors (Lipinski definition) is 1. The maximum atomic E-state index is 10.9. The van der Waals surface area contributed by atoms with E-state index in [-0.39, 0.29) is 5.91 Å². The van der Waals surface area contributed by atoms with Gasteiger partial charge in [-0.25, -0.2) is 0 Å². The Bertz CT molecular complexity index is 419. The number of halogens is 2. The molecule has 1 atom stereocenters. The van der Waals surface area contributed by atoms with E-state index in [1.807, 2.05) is 12.1 Å². The third-order valence-corrected chi connectivity index (χ3v) is 2.69. The molecule has 84 valence electrons. The van der Waals surface area contributed by atoms with Crippen LogP contribution in [0.3, 0.4) is 0 Å². The molecule has 1 aliphatic rings. The normalized spacial score (nSPS) is 19.8. The number of benzene rings is 1. The van der Waals surface area contributed by atoms with Crippen LogP contribution in [0.25, 0.3) is 0 Å². The van der Waals surface area contributed by atoms with Gasteiger partial charge in [0.05, 0.1) is 6.54 Å². The molecule has 1 heterocycles. The van der Waals surface area contributed by atoms with Gasteiger partial charge in [-0.05, 0) is 17.7 Å². The third kappa shape index (κ3) is 2.65. The van der Waals surface area contributed by atoms with Crippen LogP contribution in [0.4, 0.5) is 0 Å². The number of hydrazone groups is 1. The zero-order valence-electron chi connectivity index (χ0n) is 8.23. The Labute approximate surface area is 103 Å². The van der Waals surface area contributed by atoms with Gasteiger partial charge in [-0.1, -0.05) is 35.3 Å². The first-order chi connectivity index (χ1) is 7.65. The molecule has 6 heteroatoms. The van der Waals surface area contributed by atoms with Gasteiger partial charge >= 0.3 is 0 Å². The molecule has 1 N–H and O–H groups in total. The van der Waals surface area contributed by atoms with Crippen molar-refractivity contribution < 1.29 is 4.79 Å². The monoisotopic (exact) mass is 257 g/mol. The van der Waals surface area contributed by atoms with Gasteiger partial charge in [0.2, 0.25) is 0 Å². The van der Waals surface area contributed by atoms with Crippen molar-refractivity contribution in [3.05, 3.63) is 34.9 Å². The quantitative estimate of drug-likeness (QED) is 0.649. The fourth-order valence-corrected chi connectivity index (χ4v) is 1.67. The molecule has 1 aromatic rings. The number of carbonyl (C=O) groups is 1. The Balaban J connectivity index is 2.07. The summed E-state index contributed by atoms with van der Waals surface area (Å²) in [5.74, 6) is -0.285. The minimum atomic E-state index is -0.617. The van der Waals surface area contributed by atoms with E-state index >= 15 is 0 Å². The Morgan fingerprint density at radius 2 is 2.06 bits per heavy atom. The van der Waals surface area contributed by atoms with Crippen LogP contribution < -0.4 is 5.32 Å². The van der Waals surface area contributed by atoms with Crippen LogP contribution in [0.5, 0.6) is 0 Å². The Morgan fingerprint density at radius 1 is 1.38 bits per heavy atom. The van der Waals surface area contributed by atoms with Gasteiger partial charge < -0.3 is 5.32 Å². The number of carbonyl (C=O) groups excluding carboxylic acids is 1. The SMILES string of the molecule is O=C1C=NN(Cc2ccc(Cl)cc2)C(Cl)N1. The lowest BCUT2D eigenvalue weighted by molar-refractivity contribution is -0.116. The van der Waals surface area contributed by atoms with E-state index in [9.17, 15) is 4.79 Å². The van der Waals surface area contributed by atoms with Crippen molar-refractivity contribution in [3.63, 3.8) is 0 Å². The van der Waals surface area contributed by atoms with Gasteiger partial charge in [0.15, 0.2) is 5.62 Å². The summed E-state index contributed by atoms with van der Waals surface area (Å²) in [7, 11) is 0. The van der Waals surface area contributed by atoms with Crippen LogP contribution in [0, 0.1) is 0 Å². The second-order valence-electron chi connectivity index (χ2n) is 3.31. The molecule has 0 saturated heterocycles. The van der Waals surface area contributed by atoms with Gasteiger partial charge in [-0.15, -0.1) is 0 Å². The molecule has 0 bridgehead atoms. The lowest BCUT2D eigenvalue weighted by atomic mass is 10.2. The van der Waals surface area contributed by atoms with Crippen molar-refractivity contribution in [2.75, 3.05) is 0 Å². The van der Waals surface area contributed by atoms with Gasteiger partial charge in [-0.3, -0.25) is 9.80 Å². The fraction of sp³-hybridized carbons (Fsp3) is 0.200. The lowest BCUT2D eigenvalue weighted by Gasteiger charge is -2.27. The highest BCUT2D eigenvalue weighted by atomic mass is 35.5. The van der Waals surface area contributed by atoms with Crippen LogP contribution in [0.2, 0.25) is 5.02 Å². The summed E-state index contributed by atoms with van der Waals surface area (Å²) in [4.78, 5) is 10.9. The largest absolute Gasteiger partial charge is 0.317 e. The Kier molecular flexibility index (Phi) is 3.31. The summed E-state index contributed by atoms with van der Waals surface area (Å²) in [5, 5.41) is 8.74. The topological polar surface area (TPSA) is 44.7 Å². The maximum absolute atomic E-state index is 10.9. The van der Waals surface area contributed by atoms with Gasteiger partial charge in [-0.2, -0.15) is 5.10 Å². The zero-order valence-corrected chi connectivity index (χ0v) is 9.74. The average Bonchev–Trinajstić information content (AvgIpc) is 2.25. The van der Waals surface area contributed by atoms with Crippen molar-refractivity contribution in [2.24, 2.45) is 5.10 Å². The summed E-state index contributed by atoms with van der Waals surface area (Å²) in [6, 6.07) is 7.37. The van der Waals surface area contributed by atoms with E-state index in [4.69, 9.17) is 23.2 Å². The summed E-state index contributed by atoms with van der Waals surface area (Å²) in [6.45, 7) is 0.516. The van der Waals surface area contributed by atoms with Gasteiger partial charge in [0.25, 0.3) is 5.91 Å². The van der Waals surface area contributed by atoms with E-state index in [0.717, 1.165) is 5.56 Å². The van der Waals surface area contributed by atoms with Crippen LogP contribution in [-0.4, -0.2) is 22.8 Å². The molecule has 0 fully saturated rings. The highest BCUT2D eigenvalue weighted by Gasteiger charge is 2.19. The molecule has 0 spiro atoms. The Morgan fingerprint density at radius 3 is 2.69 bits per heavy atom.